The highest BCUT2D eigenvalue weighted by Crippen LogP contribution is 2.28. The molecular formula is C13H10ClN3O3. The van der Waals surface area contributed by atoms with E-state index in [1.54, 1.807) is 24.3 Å². The molecule has 0 aromatic heterocycles. The predicted octanol–water partition coefficient (Wildman–Crippen LogP) is 3.47. The van der Waals surface area contributed by atoms with Crippen LogP contribution in [0.2, 0.25) is 5.02 Å². The van der Waals surface area contributed by atoms with Crippen molar-refractivity contribution < 1.29 is 9.72 Å². The van der Waals surface area contributed by atoms with Crippen LogP contribution in [0, 0.1) is 10.1 Å². The Bertz CT molecular complexity index is 658. The number of nitro benzene ring substituents is 1. The van der Waals surface area contributed by atoms with Crippen LogP contribution in [0.4, 0.5) is 21.9 Å². The molecule has 2 N–H and O–H groups in total. The highest BCUT2D eigenvalue weighted by atomic mass is 35.5. The summed E-state index contributed by atoms with van der Waals surface area (Å²) in [6, 6.07) is 11.4. The van der Waals surface area contributed by atoms with Gasteiger partial charge in [-0.3, -0.25) is 15.0 Å². The summed E-state index contributed by atoms with van der Waals surface area (Å²) in [5, 5.41) is 11.1. The highest BCUT2D eigenvalue weighted by molar-refractivity contribution is 6.31. The normalized spacial score (nSPS) is 10.1. The van der Waals surface area contributed by atoms with Crippen molar-refractivity contribution in [3.8, 4) is 0 Å². The first-order chi connectivity index (χ1) is 9.49. The third-order valence-electron chi connectivity index (χ3n) is 2.61. The van der Waals surface area contributed by atoms with Gasteiger partial charge in [-0.25, -0.2) is 4.79 Å². The van der Waals surface area contributed by atoms with Gasteiger partial charge in [0.1, 0.15) is 0 Å². The van der Waals surface area contributed by atoms with Crippen molar-refractivity contribution in [3.63, 3.8) is 0 Å². The Balaban J connectivity index is 2.43. The van der Waals surface area contributed by atoms with Crippen LogP contribution in [0.1, 0.15) is 0 Å². The summed E-state index contributed by atoms with van der Waals surface area (Å²) in [4.78, 5) is 22.9. The number of hydrogen-bond donors (Lipinski definition) is 1. The smallest absolute Gasteiger partial charge is 0.323 e. The van der Waals surface area contributed by atoms with E-state index in [0.29, 0.717) is 16.4 Å². The number of halogens is 1. The van der Waals surface area contributed by atoms with Gasteiger partial charge in [0, 0.05) is 17.2 Å². The van der Waals surface area contributed by atoms with Crippen molar-refractivity contribution >= 4 is 34.7 Å². The summed E-state index contributed by atoms with van der Waals surface area (Å²) in [5.74, 6) is 0. The molecule has 2 rings (SSSR count). The van der Waals surface area contributed by atoms with E-state index in [4.69, 9.17) is 17.3 Å². The van der Waals surface area contributed by atoms with E-state index in [0.717, 1.165) is 0 Å². The average molecular weight is 292 g/mol. The fourth-order valence-electron chi connectivity index (χ4n) is 1.74. The van der Waals surface area contributed by atoms with Crippen LogP contribution in [0.25, 0.3) is 0 Å². The number of primary amides is 1. The molecule has 20 heavy (non-hydrogen) atoms. The van der Waals surface area contributed by atoms with Crippen molar-refractivity contribution in [1.29, 1.82) is 0 Å². The van der Waals surface area contributed by atoms with Crippen LogP contribution in [-0.2, 0) is 0 Å². The highest BCUT2D eigenvalue weighted by Gasteiger charge is 2.16. The largest absolute Gasteiger partial charge is 0.351 e. The van der Waals surface area contributed by atoms with Crippen LogP contribution in [-0.4, -0.2) is 11.0 Å². The molecule has 0 radical (unpaired) electrons. The SMILES string of the molecule is NC(=O)N(c1ccc([N+](=O)[O-])cc1)c1cccc(Cl)c1. The summed E-state index contributed by atoms with van der Waals surface area (Å²) in [6.45, 7) is 0. The van der Waals surface area contributed by atoms with E-state index in [9.17, 15) is 14.9 Å². The van der Waals surface area contributed by atoms with Crippen molar-refractivity contribution in [3.05, 3.63) is 63.7 Å². The summed E-state index contributed by atoms with van der Waals surface area (Å²) < 4.78 is 0. The fraction of sp³-hybridized carbons (Fsp3) is 0. The van der Waals surface area contributed by atoms with E-state index in [-0.39, 0.29) is 5.69 Å². The van der Waals surface area contributed by atoms with Gasteiger partial charge in [-0.2, -0.15) is 0 Å². The third kappa shape index (κ3) is 2.86. The Labute approximate surface area is 119 Å². The molecular weight excluding hydrogens is 282 g/mol. The van der Waals surface area contributed by atoms with Gasteiger partial charge in [-0.1, -0.05) is 17.7 Å². The van der Waals surface area contributed by atoms with Gasteiger partial charge in [0.15, 0.2) is 0 Å². The van der Waals surface area contributed by atoms with E-state index >= 15 is 0 Å². The standard InChI is InChI=1S/C13H10ClN3O3/c14-9-2-1-3-12(8-9)16(13(15)18)10-4-6-11(7-5-10)17(19)20/h1-8H,(H2,15,18). The number of hydrogen-bond acceptors (Lipinski definition) is 3. The number of non-ortho nitro benzene ring substituents is 1. The van der Waals surface area contributed by atoms with Crippen LogP contribution >= 0.6 is 11.6 Å². The number of nitrogens with zero attached hydrogens (tertiary/aromatic N) is 2. The molecule has 0 fully saturated rings. The van der Waals surface area contributed by atoms with Crippen molar-refractivity contribution in [1.82, 2.24) is 0 Å². The van der Waals surface area contributed by atoms with E-state index < -0.39 is 11.0 Å². The van der Waals surface area contributed by atoms with Crippen molar-refractivity contribution in [2.45, 2.75) is 0 Å². The summed E-state index contributed by atoms with van der Waals surface area (Å²) >= 11 is 5.88. The van der Waals surface area contributed by atoms with Crippen LogP contribution in [0.3, 0.4) is 0 Å². The zero-order chi connectivity index (χ0) is 14.7. The molecule has 0 bridgehead atoms. The van der Waals surface area contributed by atoms with Crippen LogP contribution < -0.4 is 10.6 Å². The maximum Gasteiger partial charge on any atom is 0.323 e. The Morgan fingerprint density at radius 1 is 1.15 bits per heavy atom. The minimum atomic E-state index is -0.707. The number of nitro groups is 1. The lowest BCUT2D eigenvalue weighted by atomic mass is 10.2. The molecule has 0 aliphatic heterocycles. The molecule has 2 aromatic rings. The molecule has 0 aliphatic carbocycles. The molecule has 0 saturated carbocycles. The maximum atomic E-state index is 11.6. The number of rotatable bonds is 3. The summed E-state index contributed by atoms with van der Waals surface area (Å²) in [6.07, 6.45) is 0. The Morgan fingerprint density at radius 2 is 1.80 bits per heavy atom. The van der Waals surface area contributed by atoms with Gasteiger partial charge in [0.05, 0.1) is 16.3 Å². The average Bonchev–Trinajstić information content (AvgIpc) is 2.39. The molecule has 2 amide bonds. The number of nitrogens with two attached hydrogens (primary N) is 1. The number of carbonyl (C=O) groups is 1. The molecule has 6 nitrogen and oxygen atoms in total. The second kappa shape index (κ2) is 5.58. The topological polar surface area (TPSA) is 89.5 Å². The third-order valence-corrected chi connectivity index (χ3v) is 2.84. The molecule has 0 heterocycles. The number of amides is 2. The number of anilines is 2. The fourth-order valence-corrected chi connectivity index (χ4v) is 1.93. The molecule has 102 valence electrons. The minimum Gasteiger partial charge on any atom is -0.351 e. The first-order valence-corrected chi connectivity index (χ1v) is 5.96. The number of benzene rings is 2. The zero-order valence-electron chi connectivity index (χ0n) is 10.2. The lowest BCUT2D eigenvalue weighted by Crippen LogP contribution is -2.31. The molecule has 2 aromatic carbocycles. The Hall–Kier alpha value is -2.60. The monoisotopic (exact) mass is 291 g/mol. The predicted molar refractivity (Wildman–Crippen MR) is 76.3 cm³/mol. The number of urea groups is 1. The zero-order valence-corrected chi connectivity index (χ0v) is 10.9. The van der Waals surface area contributed by atoms with Gasteiger partial charge in [0.2, 0.25) is 0 Å². The van der Waals surface area contributed by atoms with E-state index in [2.05, 4.69) is 0 Å². The van der Waals surface area contributed by atoms with Gasteiger partial charge in [-0.05, 0) is 30.3 Å². The Morgan fingerprint density at radius 3 is 2.30 bits per heavy atom. The van der Waals surface area contributed by atoms with E-state index in [1.165, 1.54) is 29.2 Å². The molecule has 7 heteroatoms. The second-order valence-electron chi connectivity index (χ2n) is 3.93. The lowest BCUT2D eigenvalue weighted by molar-refractivity contribution is -0.384. The van der Waals surface area contributed by atoms with Gasteiger partial charge in [0.25, 0.3) is 5.69 Å². The van der Waals surface area contributed by atoms with E-state index in [1.807, 2.05) is 0 Å². The maximum absolute atomic E-state index is 11.6. The molecule has 0 aliphatic rings. The molecule has 0 atom stereocenters. The summed E-state index contributed by atoms with van der Waals surface area (Å²) in [5.41, 5.74) is 6.20. The van der Waals surface area contributed by atoms with Gasteiger partial charge in [-0.15, -0.1) is 0 Å². The Kier molecular flexibility index (Phi) is 3.86. The van der Waals surface area contributed by atoms with Gasteiger partial charge >= 0.3 is 6.03 Å². The van der Waals surface area contributed by atoms with Gasteiger partial charge < -0.3 is 5.73 Å². The molecule has 0 saturated heterocycles. The quantitative estimate of drug-likeness (QED) is 0.693. The van der Waals surface area contributed by atoms with Crippen LogP contribution in [0.15, 0.2) is 48.5 Å². The van der Waals surface area contributed by atoms with Crippen molar-refractivity contribution in [2.24, 2.45) is 5.73 Å². The first kappa shape index (κ1) is 13.8. The molecule has 0 unspecified atom stereocenters. The van der Waals surface area contributed by atoms with Crippen LogP contribution in [0.5, 0.6) is 0 Å². The molecule has 0 spiro atoms. The minimum absolute atomic E-state index is 0.0655. The second-order valence-corrected chi connectivity index (χ2v) is 4.36. The van der Waals surface area contributed by atoms with Crippen molar-refractivity contribution in [2.75, 3.05) is 4.90 Å². The number of carbonyl (C=O) groups excluding carboxylic acids is 1. The lowest BCUT2D eigenvalue weighted by Gasteiger charge is -2.20. The first-order valence-electron chi connectivity index (χ1n) is 5.58. The summed E-state index contributed by atoms with van der Waals surface area (Å²) in [7, 11) is 0.